The number of aliphatic hydroxyl groups excluding tert-OH is 4. The van der Waals surface area contributed by atoms with E-state index in [0.29, 0.717) is 16.9 Å². The van der Waals surface area contributed by atoms with Crippen molar-refractivity contribution < 1.29 is 54.5 Å². The topological polar surface area (TPSA) is 246 Å². The Balaban J connectivity index is 1.32. The molecule has 1 aromatic heterocycles. The molecule has 0 radical (unpaired) electrons. The van der Waals surface area contributed by atoms with Gasteiger partial charge in [0.05, 0.1) is 30.9 Å². The summed E-state index contributed by atoms with van der Waals surface area (Å²) in [6, 6.07) is 18.8. The number of aliphatic carboxylic acids is 1. The summed E-state index contributed by atoms with van der Waals surface area (Å²) in [6.45, 7) is -1.58. The van der Waals surface area contributed by atoms with Gasteiger partial charge in [0, 0.05) is 18.5 Å². The molecule has 2 amide bonds. The normalized spacial score (nSPS) is 20.9. The second-order valence-electron chi connectivity index (χ2n) is 12.0. The minimum atomic E-state index is -2.51. The number of hydrogen-bond donors (Lipinski definition) is 8. The molecule has 4 aromatic rings. The highest BCUT2D eigenvalue weighted by Crippen LogP contribution is 2.37. The fraction of sp³-hybridized carbons (Fsp3) is 0.306. The zero-order valence-electron chi connectivity index (χ0n) is 27.6. The molecule has 0 bridgehead atoms. The Labute approximate surface area is 297 Å². The van der Waals surface area contributed by atoms with Crippen molar-refractivity contribution in [1.82, 2.24) is 25.6 Å². The number of benzene rings is 3. The summed E-state index contributed by atoms with van der Waals surface area (Å²) in [5.74, 6) is -0.320. The van der Waals surface area contributed by atoms with Gasteiger partial charge in [0.25, 0.3) is 5.72 Å². The molecule has 0 unspecified atom stereocenters. The first-order chi connectivity index (χ1) is 24.9. The molecule has 52 heavy (non-hydrogen) atoms. The SMILES string of the molecule is C#CCOc1ccccc1-c1cn([C@]2(C(=O)O)C[C@H](O)[C@@H](NC(=O)CO)[C@H]([C@H](O)[C@H](O)CNC(=O)Cc3ccc(-c4ccc(O)cc4)cc3)O2)nn1. The van der Waals surface area contributed by atoms with E-state index in [-0.39, 0.29) is 24.5 Å². The Morgan fingerprint density at radius 2 is 1.71 bits per heavy atom. The molecular weight excluding hydrogens is 678 g/mol. The highest BCUT2D eigenvalue weighted by atomic mass is 16.6. The van der Waals surface area contributed by atoms with E-state index >= 15 is 0 Å². The van der Waals surface area contributed by atoms with E-state index in [0.717, 1.165) is 15.8 Å². The van der Waals surface area contributed by atoms with Gasteiger partial charge in [-0.2, -0.15) is 0 Å². The van der Waals surface area contributed by atoms with Gasteiger partial charge in [0.15, 0.2) is 0 Å². The van der Waals surface area contributed by atoms with Crippen LogP contribution in [0, 0.1) is 12.3 Å². The lowest BCUT2D eigenvalue weighted by molar-refractivity contribution is -0.257. The number of aromatic hydroxyl groups is 1. The number of phenols is 1. The third-order valence-electron chi connectivity index (χ3n) is 8.49. The summed E-state index contributed by atoms with van der Waals surface area (Å²) >= 11 is 0. The lowest BCUT2D eigenvalue weighted by Crippen LogP contribution is -2.68. The van der Waals surface area contributed by atoms with Crippen molar-refractivity contribution in [3.05, 3.63) is 84.6 Å². The molecule has 1 aliphatic heterocycles. The summed E-state index contributed by atoms with van der Waals surface area (Å²) in [6.07, 6.45) is -1.57. The molecule has 272 valence electrons. The van der Waals surface area contributed by atoms with Crippen LogP contribution in [0.15, 0.2) is 79.0 Å². The first-order valence-corrected chi connectivity index (χ1v) is 16.0. The number of nitrogens with zero attached hydrogens (tertiary/aromatic N) is 3. The first-order valence-electron chi connectivity index (χ1n) is 16.0. The number of nitrogens with one attached hydrogen (secondary N) is 2. The number of ether oxygens (including phenoxy) is 2. The third-order valence-corrected chi connectivity index (χ3v) is 8.49. The Morgan fingerprint density at radius 3 is 2.37 bits per heavy atom. The van der Waals surface area contributed by atoms with Gasteiger partial charge in [-0.25, -0.2) is 9.48 Å². The van der Waals surface area contributed by atoms with E-state index < -0.39 is 73.5 Å². The lowest BCUT2D eigenvalue weighted by Gasteiger charge is -2.46. The van der Waals surface area contributed by atoms with Gasteiger partial charge in [-0.3, -0.25) is 9.59 Å². The Hall–Kier alpha value is -5.83. The van der Waals surface area contributed by atoms with Crippen molar-refractivity contribution in [2.24, 2.45) is 0 Å². The zero-order valence-corrected chi connectivity index (χ0v) is 27.6. The second kappa shape index (κ2) is 16.5. The molecule has 5 rings (SSSR count). The van der Waals surface area contributed by atoms with Crippen LogP contribution >= 0.6 is 0 Å². The van der Waals surface area contributed by atoms with Gasteiger partial charge in [-0.15, -0.1) is 11.5 Å². The first kappa shape index (κ1) is 37.4. The van der Waals surface area contributed by atoms with Crippen molar-refractivity contribution in [2.75, 3.05) is 19.8 Å². The van der Waals surface area contributed by atoms with Gasteiger partial charge in [0.1, 0.15) is 42.6 Å². The molecule has 0 saturated carbocycles. The van der Waals surface area contributed by atoms with Crippen LogP contribution in [0.4, 0.5) is 0 Å². The number of aromatic nitrogens is 3. The van der Waals surface area contributed by atoms with Crippen molar-refractivity contribution in [3.8, 4) is 46.2 Å². The van der Waals surface area contributed by atoms with Gasteiger partial charge >= 0.3 is 5.97 Å². The van der Waals surface area contributed by atoms with Crippen LogP contribution in [0.1, 0.15) is 12.0 Å². The number of carboxylic acid groups (broad SMARTS) is 1. The third kappa shape index (κ3) is 8.37. The molecule has 0 aliphatic carbocycles. The number of hydrogen-bond acceptors (Lipinski definition) is 12. The van der Waals surface area contributed by atoms with Gasteiger partial charge in [-0.05, 0) is 41.0 Å². The van der Waals surface area contributed by atoms with Crippen LogP contribution in [0.5, 0.6) is 11.5 Å². The largest absolute Gasteiger partial charge is 0.508 e. The molecule has 2 heterocycles. The number of amides is 2. The van der Waals surface area contributed by atoms with Gasteiger partial charge in [0.2, 0.25) is 11.8 Å². The second-order valence-corrected chi connectivity index (χ2v) is 12.0. The Kier molecular flexibility index (Phi) is 11.8. The molecular formula is C36H37N5O11. The quantitative estimate of drug-likeness (QED) is 0.0788. The van der Waals surface area contributed by atoms with Crippen LogP contribution < -0.4 is 15.4 Å². The summed E-state index contributed by atoms with van der Waals surface area (Å²) in [7, 11) is 0. The fourth-order valence-electron chi connectivity index (χ4n) is 5.81. The van der Waals surface area contributed by atoms with Crippen molar-refractivity contribution in [2.45, 2.75) is 49.0 Å². The van der Waals surface area contributed by atoms with E-state index in [1.54, 1.807) is 72.8 Å². The maximum atomic E-state index is 12.9. The van der Waals surface area contributed by atoms with Crippen LogP contribution in [0.2, 0.25) is 0 Å². The van der Waals surface area contributed by atoms with Crippen molar-refractivity contribution in [1.29, 1.82) is 0 Å². The lowest BCUT2D eigenvalue weighted by atomic mass is 9.87. The van der Waals surface area contributed by atoms with E-state index in [9.17, 15) is 45.0 Å². The number of carbonyl (C=O) groups is 3. The predicted octanol–water partition coefficient (Wildman–Crippen LogP) is -0.225. The number of terminal acetylenes is 1. The molecule has 1 saturated heterocycles. The number of carboxylic acids is 1. The Bertz CT molecular complexity index is 1910. The maximum absolute atomic E-state index is 12.9. The number of phenolic OH excluding ortho intramolecular Hbond substituents is 1. The number of rotatable bonds is 14. The summed E-state index contributed by atoms with van der Waals surface area (Å²) in [4.78, 5) is 37.9. The molecule has 16 heteroatoms. The van der Waals surface area contributed by atoms with E-state index in [4.69, 9.17) is 15.9 Å². The van der Waals surface area contributed by atoms with Crippen LogP contribution in [0.3, 0.4) is 0 Å². The van der Waals surface area contributed by atoms with Crippen LogP contribution in [0.25, 0.3) is 22.4 Å². The average molecular weight is 716 g/mol. The van der Waals surface area contributed by atoms with Crippen molar-refractivity contribution >= 4 is 17.8 Å². The standard InChI is InChI=1S/C36H37N5O11/c1-2-15-51-29-6-4-3-5-25(29)26-19-41(40-39-26)36(35(49)50)17-27(44)32(38-31(47)20-42)34(52-36)33(48)28(45)18-37-30(46)16-21-7-9-22(10-8-21)23-11-13-24(43)14-12-23/h1,3-14,19,27-28,32-34,42-45,48H,15-18,20H2,(H,37,46)(H,38,47)(H,49,50)/t27-,28+,32+,33+,34+,36+/m0/s1. The summed E-state index contributed by atoms with van der Waals surface area (Å²) in [5, 5.41) is 75.6. The van der Waals surface area contributed by atoms with E-state index in [1.807, 2.05) is 0 Å². The van der Waals surface area contributed by atoms with Gasteiger partial charge < -0.3 is 50.7 Å². The molecule has 16 nitrogen and oxygen atoms in total. The van der Waals surface area contributed by atoms with Crippen LogP contribution in [-0.4, -0.2) is 114 Å². The van der Waals surface area contributed by atoms with Crippen molar-refractivity contribution in [3.63, 3.8) is 0 Å². The van der Waals surface area contributed by atoms with Crippen LogP contribution in [-0.2, 0) is 31.3 Å². The minimum absolute atomic E-state index is 0.0575. The minimum Gasteiger partial charge on any atom is -0.508 e. The van der Waals surface area contributed by atoms with Gasteiger partial charge in [-0.1, -0.05) is 59.7 Å². The molecule has 6 atom stereocenters. The predicted molar refractivity (Wildman–Crippen MR) is 182 cm³/mol. The maximum Gasteiger partial charge on any atom is 0.359 e. The zero-order chi connectivity index (χ0) is 37.4. The number of aliphatic hydroxyl groups is 4. The average Bonchev–Trinajstić information content (AvgIpc) is 3.65. The molecule has 8 N–H and O–H groups in total. The fourth-order valence-corrected chi connectivity index (χ4v) is 5.81. The highest BCUT2D eigenvalue weighted by molar-refractivity contribution is 5.79. The smallest absolute Gasteiger partial charge is 0.359 e. The van der Waals surface area contributed by atoms with E-state index in [2.05, 4.69) is 26.9 Å². The molecule has 1 fully saturated rings. The number of para-hydroxylation sites is 1. The molecule has 1 aliphatic rings. The monoisotopic (exact) mass is 715 g/mol. The Morgan fingerprint density at radius 1 is 1.04 bits per heavy atom. The number of carbonyl (C=O) groups excluding carboxylic acids is 2. The highest BCUT2D eigenvalue weighted by Gasteiger charge is 2.56. The van der Waals surface area contributed by atoms with E-state index in [1.165, 1.54) is 6.20 Å². The molecule has 3 aromatic carbocycles. The summed E-state index contributed by atoms with van der Waals surface area (Å²) in [5.41, 5.74) is 0.409. The molecule has 0 spiro atoms. The summed E-state index contributed by atoms with van der Waals surface area (Å²) < 4.78 is 12.3.